The van der Waals surface area contributed by atoms with Crippen LogP contribution in [0, 0.1) is 11.8 Å². The molecule has 1 saturated carbocycles. The smallest absolute Gasteiger partial charge is 0.0251 e. The van der Waals surface area contributed by atoms with E-state index in [1.165, 1.54) is 25.7 Å². The van der Waals surface area contributed by atoms with Gasteiger partial charge in [-0.15, -0.1) is 24.0 Å². The molecule has 0 aromatic heterocycles. The highest BCUT2D eigenvalue weighted by atomic mass is 35.5. The van der Waals surface area contributed by atoms with E-state index in [1.807, 2.05) is 0 Å². The Labute approximate surface area is 80.1 Å². The molecule has 1 nitrogen and oxygen atoms in total. The van der Waals surface area contributed by atoms with Crippen molar-refractivity contribution < 1.29 is 0 Å². The molecule has 0 spiro atoms. The van der Waals surface area contributed by atoms with Crippen LogP contribution in [-0.2, 0) is 0 Å². The van der Waals surface area contributed by atoms with Gasteiger partial charge < -0.3 is 5.73 Å². The number of hydrogen-bond donors (Lipinski definition) is 1. The fraction of sp³-hybridized carbons (Fsp3) is 1.00. The molecule has 0 unspecified atom stereocenters. The predicted octanol–water partition coefficient (Wildman–Crippen LogP) is 2.41. The Bertz CT molecular complexity index is 88.1. The Morgan fingerprint density at radius 2 is 1.91 bits per heavy atom. The predicted molar refractivity (Wildman–Crippen MR) is 52.5 cm³/mol. The van der Waals surface area contributed by atoms with Crippen molar-refractivity contribution in [2.45, 2.75) is 25.7 Å². The zero-order chi connectivity index (χ0) is 7.40. The van der Waals surface area contributed by atoms with E-state index in [0.717, 1.165) is 24.3 Å². The van der Waals surface area contributed by atoms with Gasteiger partial charge in [0.25, 0.3) is 0 Å². The molecule has 0 saturated heterocycles. The lowest BCUT2D eigenvalue weighted by molar-refractivity contribution is 0.291. The van der Waals surface area contributed by atoms with Gasteiger partial charge in [0.05, 0.1) is 0 Å². The van der Waals surface area contributed by atoms with Crippen LogP contribution in [0.1, 0.15) is 25.7 Å². The molecule has 0 amide bonds. The van der Waals surface area contributed by atoms with Crippen molar-refractivity contribution in [2.75, 3.05) is 12.4 Å². The van der Waals surface area contributed by atoms with Gasteiger partial charge in [0, 0.05) is 5.88 Å². The van der Waals surface area contributed by atoms with E-state index < -0.39 is 0 Å². The molecule has 1 fully saturated rings. The van der Waals surface area contributed by atoms with E-state index in [2.05, 4.69) is 0 Å². The summed E-state index contributed by atoms with van der Waals surface area (Å²) < 4.78 is 0. The second-order valence-corrected chi connectivity index (χ2v) is 3.60. The van der Waals surface area contributed by atoms with Crippen molar-refractivity contribution in [1.82, 2.24) is 0 Å². The first-order valence-electron chi connectivity index (χ1n) is 4.12. The van der Waals surface area contributed by atoms with Crippen molar-refractivity contribution in [3.8, 4) is 0 Å². The van der Waals surface area contributed by atoms with E-state index in [9.17, 15) is 0 Å². The Morgan fingerprint density at radius 1 is 1.27 bits per heavy atom. The van der Waals surface area contributed by atoms with Gasteiger partial charge in [0.2, 0.25) is 0 Å². The number of alkyl halides is 1. The normalized spacial score (nSPS) is 31.1. The minimum Gasteiger partial charge on any atom is -0.330 e. The summed E-state index contributed by atoms with van der Waals surface area (Å²) in [4.78, 5) is 0. The summed E-state index contributed by atoms with van der Waals surface area (Å²) in [5.74, 6) is 2.35. The van der Waals surface area contributed by atoms with Crippen molar-refractivity contribution in [2.24, 2.45) is 17.6 Å². The van der Waals surface area contributed by atoms with Gasteiger partial charge >= 0.3 is 0 Å². The number of nitrogens with two attached hydrogens (primary N) is 1. The number of rotatable bonds is 2. The molecule has 2 N–H and O–H groups in total. The van der Waals surface area contributed by atoms with Gasteiger partial charge in [-0.25, -0.2) is 0 Å². The van der Waals surface area contributed by atoms with Crippen LogP contribution in [0.5, 0.6) is 0 Å². The van der Waals surface area contributed by atoms with Crippen molar-refractivity contribution >= 4 is 24.0 Å². The lowest BCUT2D eigenvalue weighted by Gasteiger charge is -2.26. The average Bonchev–Trinajstić information content (AvgIpc) is 2.05. The van der Waals surface area contributed by atoms with E-state index in [1.54, 1.807) is 0 Å². The molecule has 1 aliphatic carbocycles. The zero-order valence-electron chi connectivity index (χ0n) is 6.76. The second-order valence-electron chi connectivity index (χ2n) is 3.29. The molecule has 0 aliphatic heterocycles. The first-order chi connectivity index (χ1) is 4.86. The van der Waals surface area contributed by atoms with Crippen LogP contribution in [0.4, 0.5) is 0 Å². The zero-order valence-corrected chi connectivity index (χ0v) is 8.33. The molecular formula is C8H17Cl2N. The summed E-state index contributed by atoms with van der Waals surface area (Å²) >= 11 is 5.76. The van der Waals surface area contributed by atoms with Crippen LogP contribution in [-0.4, -0.2) is 12.4 Å². The lowest BCUT2D eigenvalue weighted by Crippen LogP contribution is -2.23. The van der Waals surface area contributed by atoms with Gasteiger partial charge in [-0.1, -0.05) is 6.42 Å². The standard InChI is InChI=1S/C8H16ClN.ClH/c9-5-7-2-1-3-8(4-7)6-10;/h7-8H,1-6,10H2;1H/t7-,8+;/m0./s1. The van der Waals surface area contributed by atoms with Crippen molar-refractivity contribution in [3.63, 3.8) is 0 Å². The molecule has 0 aromatic rings. The molecule has 3 heteroatoms. The summed E-state index contributed by atoms with van der Waals surface area (Å²) in [5.41, 5.74) is 5.58. The molecule has 2 atom stereocenters. The molecule has 0 heterocycles. The third kappa shape index (κ3) is 3.64. The Kier molecular flexibility index (Phi) is 6.40. The maximum atomic E-state index is 5.76. The molecule has 1 aliphatic rings. The van der Waals surface area contributed by atoms with Crippen molar-refractivity contribution in [1.29, 1.82) is 0 Å². The number of halogens is 2. The van der Waals surface area contributed by atoms with Crippen LogP contribution < -0.4 is 5.73 Å². The van der Waals surface area contributed by atoms with Gasteiger partial charge in [-0.3, -0.25) is 0 Å². The van der Waals surface area contributed by atoms with Gasteiger partial charge in [0.15, 0.2) is 0 Å². The Morgan fingerprint density at radius 3 is 2.45 bits per heavy atom. The molecule has 0 radical (unpaired) electrons. The third-order valence-electron chi connectivity index (χ3n) is 2.44. The van der Waals surface area contributed by atoms with Crippen molar-refractivity contribution in [3.05, 3.63) is 0 Å². The fourth-order valence-corrected chi connectivity index (χ4v) is 2.04. The first-order valence-corrected chi connectivity index (χ1v) is 4.66. The SMILES string of the molecule is Cl.NC[C@@H]1CCC[C@H](CCl)C1. The van der Waals surface area contributed by atoms with Gasteiger partial charge in [-0.05, 0) is 37.6 Å². The maximum absolute atomic E-state index is 5.76. The average molecular weight is 198 g/mol. The van der Waals surface area contributed by atoms with Crippen LogP contribution >= 0.6 is 24.0 Å². The first kappa shape index (κ1) is 11.5. The summed E-state index contributed by atoms with van der Waals surface area (Å²) in [6.07, 6.45) is 5.24. The molecule has 0 aromatic carbocycles. The lowest BCUT2D eigenvalue weighted by atomic mass is 9.82. The molecular weight excluding hydrogens is 181 g/mol. The van der Waals surface area contributed by atoms with E-state index in [4.69, 9.17) is 17.3 Å². The maximum Gasteiger partial charge on any atom is 0.0251 e. The van der Waals surface area contributed by atoms with Crippen LogP contribution in [0.2, 0.25) is 0 Å². The van der Waals surface area contributed by atoms with Crippen LogP contribution in [0.15, 0.2) is 0 Å². The molecule has 1 rings (SSSR count). The van der Waals surface area contributed by atoms with E-state index in [0.29, 0.717) is 0 Å². The largest absolute Gasteiger partial charge is 0.330 e. The Hall–Kier alpha value is 0.540. The third-order valence-corrected chi connectivity index (χ3v) is 2.88. The summed E-state index contributed by atoms with van der Waals surface area (Å²) in [6.45, 7) is 0.855. The minimum absolute atomic E-state index is 0. The highest BCUT2D eigenvalue weighted by molar-refractivity contribution is 6.18. The van der Waals surface area contributed by atoms with Gasteiger partial charge in [0.1, 0.15) is 0 Å². The Balaban J connectivity index is 0.000001000. The second kappa shape index (κ2) is 6.10. The van der Waals surface area contributed by atoms with E-state index >= 15 is 0 Å². The summed E-state index contributed by atoms with van der Waals surface area (Å²) in [5, 5.41) is 0. The fourth-order valence-electron chi connectivity index (χ4n) is 1.76. The quantitative estimate of drug-likeness (QED) is 0.677. The molecule has 11 heavy (non-hydrogen) atoms. The highest BCUT2D eigenvalue weighted by Crippen LogP contribution is 2.28. The topological polar surface area (TPSA) is 26.0 Å². The molecule has 68 valence electrons. The van der Waals surface area contributed by atoms with Crippen LogP contribution in [0.3, 0.4) is 0 Å². The van der Waals surface area contributed by atoms with Crippen LogP contribution in [0.25, 0.3) is 0 Å². The summed E-state index contributed by atoms with van der Waals surface area (Å²) in [6, 6.07) is 0. The number of hydrogen-bond acceptors (Lipinski definition) is 1. The summed E-state index contributed by atoms with van der Waals surface area (Å²) in [7, 11) is 0. The highest BCUT2D eigenvalue weighted by Gasteiger charge is 2.19. The monoisotopic (exact) mass is 197 g/mol. The minimum atomic E-state index is 0. The van der Waals surface area contributed by atoms with E-state index in [-0.39, 0.29) is 12.4 Å². The van der Waals surface area contributed by atoms with Gasteiger partial charge in [-0.2, -0.15) is 0 Å². The molecule has 0 bridgehead atoms.